The van der Waals surface area contributed by atoms with Gasteiger partial charge in [0.05, 0.1) is 5.76 Å². The fourth-order valence-electron chi connectivity index (χ4n) is 11.8. The van der Waals surface area contributed by atoms with Crippen molar-refractivity contribution < 1.29 is 30.0 Å². The fraction of sp³-hybridized carbons (Fsp3) is 0.483. The zero-order valence-corrected chi connectivity index (χ0v) is 44.1. The van der Waals surface area contributed by atoms with Gasteiger partial charge >= 0.3 is 0 Å². The van der Waals surface area contributed by atoms with Crippen LogP contribution in [0.5, 0.6) is 0 Å². The van der Waals surface area contributed by atoms with Crippen molar-refractivity contribution in [2.24, 2.45) is 11.8 Å². The SMILES string of the molecule is CC(C)(C)c1cc(-c2nccc3c2sc2cc(-c4c5c(cc6c4C(C)(C)CC6(C)C)C(C)(C)CC5(C)C)ccc23)[c-]c2ccccc12.CCC(CC)C(=O)/C=C(\O)C(CC)CC.[Ir]. The second-order valence-corrected chi connectivity index (χ2v) is 23.3. The number of aliphatic hydroxyl groups excluding tert-OH is 1. The largest absolute Gasteiger partial charge is 0.512 e. The van der Waals surface area contributed by atoms with E-state index in [1.54, 1.807) is 22.3 Å². The van der Waals surface area contributed by atoms with Gasteiger partial charge in [-0.1, -0.05) is 151 Å². The first-order valence-corrected chi connectivity index (χ1v) is 24.3. The Labute approximate surface area is 397 Å². The van der Waals surface area contributed by atoms with E-state index in [1.165, 1.54) is 61.2 Å². The van der Waals surface area contributed by atoms with E-state index in [0.717, 1.165) is 42.3 Å². The van der Waals surface area contributed by atoms with E-state index in [-0.39, 0.29) is 70.6 Å². The summed E-state index contributed by atoms with van der Waals surface area (Å²) in [5.41, 5.74) is 13.1. The van der Waals surface area contributed by atoms with Crippen LogP contribution in [0.15, 0.2) is 78.7 Å². The molecule has 0 aliphatic heterocycles. The molecule has 5 heteroatoms. The maximum atomic E-state index is 11.7. The van der Waals surface area contributed by atoms with E-state index >= 15 is 0 Å². The van der Waals surface area contributed by atoms with Crippen molar-refractivity contribution in [3.8, 4) is 22.4 Å². The molecule has 3 nitrogen and oxygen atoms in total. The Kier molecular flexibility index (Phi) is 13.7. The minimum absolute atomic E-state index is 0. The predicted octanol–water partition coefficient (Wildman–Crippen LogP) is 16.8. The third kappa shape index (κ3) is 8.90. The fourth-order valence-corrected chi connectivity index (χ4v) is 13.1. The molecule has 1 radical (unpaired) electrons. The summed E-state index contributed by atoms with van der Waals surface area (Å²) in [6.07, 6.45) is 9.24. The topological polar surface area (TPSA) is 50.2 Å². The third-order valence-corrected chi connectivity index (χ3v) is 15.7. The zero-order chi connectivity index (χ0) is 45.3. The van der Waals surface area contributed by atoms with Gasteiger partial charge in [0.15, 0.2) is 5.78 Å². The molecular formula is C58H72IrNO2S-. The quantitative estimate of drug-likeness (QED) is 0.0892. The first kappa shape index (κ1) is 48.8. The number of carbonyl (C=O) groups excluding carboxylic acids is 1. The van der Waals surface area contributed by atoms with Crippen LogP contribution in [-0.4, -0.2) is 15.9 Å². The Hall–Kier alpha value is -3.63. The summed E-state index contributed by atoms with van der Waals surface area (Å²) < 4.78 is 2.58. The zero-order valence-electron chi connectivity index (χ0n) is 40.9. The maximum absolute atomic E-state index is 11.7. The minimum atomic E-state index is 0. The van der Waals surface area contributed by atoms with Gasteiger partial charge in [-0.15, -0.1) is 40.5 Å². The van der Waals surface area contributed by atoms with Crippen molar-refractivity contribution >= 4 is 48.1 Å². The Morgan fingerprint density at radius 3 is 1.87 bits per heavy atom. The van der Waals surface area contributed by atoms with Crippen LogP contribution in [0, 0.1) is 17.9 Å². The number of rotatable bonds is 9. The van der Waals surface area contributed by atoms with E-state index < -0.39 is 0 Å². The number of nitrogens with zero attached hydrogens (tertiary/aromatic N) is 1. The van der Waals surface area contributed by atoms with Crippen molar-refractivity contribution in [2.75, 3.05) is 0 Å². The van der Waals surface area contributed by atoms with Crippen molar-refractivity contribution in [1.82, 2.24) is 4.98 Å². The van der Waals surface area contributed by atoms with E-state index in [2.05, 4.69) is 143 Å². The molecule has 8 rings (SSSR count). The van der Waals surface area contributed by atoms with E-state index in [0.29, 0.717) is 0 Å². The monoisotopic (exact) mass is 1040 g/mol. The Morgan fingerprint density at radius 2 is 1.32 bits per heavy atom. The van der Waals surface area contributed by atoms with Crippen LogP contribution in [0.1, 0.15) is 170 Å². The second kappa shape index (κ2) is 17.6. The number of aliphatic hydroxyl groups is 1. The summed E-state index contributed by atoms with van der Waals surface area (Å²) in [5.74, 6) is 0.547. The molecule has 2 aliphatic rings. The molecule has 0 amide bonds. The summed E-state index contributed by atoms with van der Waals surface area (Å²) in [6, 6.07) is 26.9. The van der Waals surface area contributed by atoms with Gasteiger partial charge < -0.3 is 5.11 Å². The summed E-state index contributed by atoms with van der Waals surface area (Å²) >= 11 is 1.89. The van der Waals surface area contributed by atoms with Gasteiger partial charge in [-0.2, -0.15) is 0 Å². The number of thiophene rings is 1. The molecule has 2 aromatic heterocycles. The predicted molar refractivity (Wildman–Crippen MR) is 268 cm³/mol. The molecule has 0 bridgehead atoms. The average Bonchev–Trinajstić information content (AvgIpc) is 3.73. The Bertz CT molecular complexity index is 2660. The number of pyridine rings is 1. The van der Waals surface area contributed by atoms with Gasteiger partial charge in [0.25, 0.3) is 0 Å². The molecule has 2 heterocycles. The van der Waals surface area contributed by atoms with Crippen LogP contribution in [0.3, 0.4) is 0 Å². The normalized spacial score (nSPS) is 17.2. The van der Waals surface area contributed by atoms with Crippen LogP contribution in [0.2, 0.25) is 0 Å². The maximum Gasteiger partial charge on any atom is 0.162 e. The number of fused-ring (bicyclic) bond motifs is 6. The molecule has 0 atom stereocenters. The number of ketones is 1. The van der Waals surface area contributed by atoms with E-state index in [1.807, 2.05) is 45.2 Å². The number of aromatic nitrogens is 1. The molecule has 4 aromatic carbocycles. The van der Waals surface area contributed by atoms with Crippen molar-refractivity contribution in [2.45, 2.75) is 169 Å². The summed E-state index contributed by atoms with van der Waals surface area (Å²) in [7, 11) is 0. The molecule has 0 fully saturated rings. The second-order valence-electron chi connectivity index (χ2n) is 22.2. The Balaban J connectivity index is 0.000000356. The number of hydrogen-bond donors (Lipinski definition) is 1. The van der Waals surface area contributed by atoms with E-state index in [9.17, 15) is 9.90 Å². The number of benzene rings is 4. The molecule has 337 valence electrons. The number of allylic oxidation sites excluding steroid dienone is 2. The minimum Gasteiger partial charge on any atom is -0.512 e. The van der Waals surface area contributed by atoms with Gasteiger partial charge in [0.1, 0.15) is 0 Å². The molecule has 1 N–H and O–H groups in total. The number of hydrogen-bond acceptors (Lipinski definition) is 4. The summed E-state index contributed by atoms with van der Waals surface area (Å²) in [5, 5.41) is 14.8. The third-order valence-electron chi connectivity index (χ3n) is 14.5. The molecular weight excluding hydrogens is 967 g/mol. The first-order chi connectivity index (χ1) is 29.0. The van der Waals surface area contributed by atoms with Crippen LogP contribution in [0.4, 0.5) is 0 Å². The Morgan fingerprint density at radius 1 is 0.746 bits per heavy atom. The number of carbonyl (C=O) groups is 1. The van der Waals surface area contributed by atoms with Gasteiger partial charge in [0.2, 0.25) is 0 Å². The first-order valence-electron chi connectivity index (χ1n) is 23.4. The van der Waals surface area contributed by atoms with E-state index in [4.69, 9.17) is 4.98 Å². The van der Waals surface area contributed by atoms with Gasteiger partial charge in [-0.25, -0.2) is 0 Å². The standard InChI is InChI=1S/C45H48NS.C13H24O2.Ir/c1-41(2,3)32-21-28(20-26-14-12-13-15-29(26)32)39-40-31(18-19-46-39)30-17-16-27(22-35(30)47-40)36-37-33(42(4,5)24-44(37,8)9)23-34-38(36)45(10,11)25-43(34,6)7;1-5-10(6-2)12(14)9-13(15)11(7-3)8-4;/h12-19,21-23H,24-25H2,1-11H3;9-11,14H,5-8H2,1-4H3;/q-1;;/b;12-9-;. The van der Waals surface area contributed by atoms with Crippen LogP contribution in [0.25, 0.3) is 53.3 Å². The summed E-state index contributed by atoms with van der Waals surface area (Å²) in [6.45, 7) is 34.7. The molecule has 2 aliphatic carbocycles. The molecule has 6 aromatic rings. The molecule has 0 saturated heterocycles. The molecule has 0 spiro atoms. The average molecular weight is 1040 g/mol. The smallest absolute Gasteiger partial charge is 0.162 e. The molecule has 0 saturated carbocycles. The van der Waals surface area contributed by atoms with Crippen LogP contribution in [-0.2, 0) is 52.0 Å². The van der Waals surface area contributed by atoms with Crippen LogP contribution >= 0.6 is 11.3 Å². The van der Waals surface area contributed by atoms with Crippen LogP contribution < -0.4 is 0 Å². The van der Waals surface area contributed by atoms with Crippen molar-refractivity contribution in [3.05, 3.63) is 113 Å². The van der Waals surface area contributed by atoms with Crippen molar-refractivity contribution in [1.29, 1.82) is 0 Å². The summed E-state index contributed by atoms with van der Waals surface area (Å²) in [4.78, 5) is 16.7. The van der Waals surface area contributed by atoms with Gasteiger partial charge in [0, 0.05) is 59.3 Å². The molecule has 63 heavy (non-hydrogen) atoms. The van der Waals surface area contributed by atoms with Gasteiger partial charge in [-0.3, -0.25) is 9.78 Å². The molecule has 0 unspecified atom stereocenters. The van der Waals surface area contributed by atoms with Gasteiger partial charge in [-0.05, 0) is 122 Å². The van der Waals surface area contributed by atoms with Crippen molar-refractivity contribution in [3.63, 3.8) is 0 Å².